The Kier molecular flexibility index (Phi) is 5.68. The Labute approximate surface area is 97.4 Å². The molecule has 1 fully saturated rings. The van der Waals surface area contributed by atoms with Crippen LogP contribution in [0.3, 0.4) is 0 Å². The highest BCUT2D eigenvalue weighted by atomic mass is 32.2. The molecule has 1 saturated heterocycles. The Hall–Kier alpha value is -0.170. The maximum Gasteiger partial charge on any atom is 0.216 e. The van der Waals surface area contributed by atoms with Gasteiger partial charge in [0, 0.05) is 26.3 Å². The van der Waals surface area contributed by atoms with Crippen molar-refractivity contribution in [2.75, 3.05) is 32.6 Å². The van der Waals surface area contributed by atoms with Gasteiger partial charge in [0.1, 0.15) is 0 Å². The Morgan fingerprint density at radius 1 is 1.44 bits per heavy atom. The lowest BCUT2D eigenvalue weighted by molar-refractivity contribution is 0.187. The van der Waals surface area contributed by atoms with Gasteiger partial charge in [-0.25, -0.2) is 8.42 Å². The van der Waals surface area contributed by atoms with E-state index in [1.54, 1.807) is 4.31 Å². The maximum absolute atomic E-state index is 12.0. The smallest absolute Gasteiger partial charge is 0.216 e. The lowest BCUT2D eigenvalue weighted by atomic mass is 10.0. The number of aliphatic hydroxyl groups excluding tert-OH is 1. The molecule has 6 heteroatoms. The number of ether oxygens (including phenoxy) is 1. The Morgan fingerprint density at radius 2 is 2.19 bits per heavy atom. The number of aliphatic hydroxyl groups is 1. The van der Waals surface area contributed by atoms with Crippen molar-refractivity contribution in [3.8, 4) is 0 Å². The van der Waals surface area contributed by atoms with Gasteiger partial charge >= 0.3 is 0 Å². The summed E-state index contributed by atoms with van der Waals surface area (Å²) < 4.78 is 30.3. The predicted molar refractivity (Wildman–Crippen MR) is 61.7 cm³/mol. The molecule has 1 rings (SSSR count). The van der Waals surface area contributed by atoms with Crippen LogP contribution in [0.2, 0.25) is 0 Å². The SMILES string of the molecule is COCCS(=O)(=O)N1CCCCC1CCO. The maximum atomic E-state index is 12.0. The fourth-order valence-electron chi connectivity index (χ4n) is 2.08. The van der Waals surface area contributed by atoms with Gasteiger partial charge in [-0.15, -0.1) is 0 Å². The minimum Gasteiger partial charge on any atom is -0.396 e. The molecular weight excluding hydrogens is 230 g/mol. The topological polar surface area (TPSA) is 66.8 Å². The summed E-state index contributed by atoms with van der Waals surface area (Å²) in [7, 11) is -1.72. The largest absolute Gasteiger partial charge is 0.396 e. The molecule has 0 spiro atoms. The summed E-state index contributed by atoms with van der Waals surface area (Å²) in [5.41, 5.74) is 0. The number of hydrogen-bond donors (Lipinski definition) is 1. The van der Waals surface area contributed by atoms with E-state index in [1.165, 1.54) is 7.11 Å². The van der Waals surface area contributed by atoms with Crippen molar-refractivity contribution in [2.45, 2.75) is 31.7 Å². The van der Waals surface area contributed by atoms with E-state index in [4.69, 9.17) is 9.84 Å². The van der Waals surface area contributed by atoms with E-state index >= 15 is 0 Å². The van der Waals surface area contributed by atoms with Crippen molar-refractivity contribution in [1.82, 2.24) is 4.31 Å². The third-order valence-corrected chi connectivity index (χ3v) is 4.82. The second-order valence-electron chi connectivity index (χ2n) is 4.08. The average molecular weight is 251 g/mol. The molecule has 96 valence electrons. The van der Waals surface area contributed by atoms with Gasteiger partial charge in [0.2, 0.25) is 10.0 Å². The zero-order valence-electron chi connectivity index (χ0n) is 9.76. The average Bonchev–Trinajstić information content (AvgIpc) is 2.27. The lowest BCUT2D eigenvalue weighted by Crippen LogP contribution is -2.45. The highest BCUT2D eigenvalue weighted by molar-refractivity contribution is 7.89. The van der Waals surface area contributed by atoms with Crippen molar-refractivity contribution in [2.24, 2.45) is 0 Å². The molecule has 5 nitrogen and oxygen atoms in total. The van der Waals surface area contributed by atoms with Crippen molar-refractivity contribution < 1.29 is 18.3 Å². The van der Waals surface area contributed by atoms with Crippen LogP contribution < -0.4 is 0 Å². The molecule has 0 aliphatic carbocycles. The van der Waals surface area contributed by atoms with E-state index in [0.717, 1.165) is 19.3 Å². The zero-order chi connectivity index (χ0) is 12.0. The Morgan fingerprint density at radius 3 is 2.81 bits per heavy atom. The van der Waals surface area contributed by atoms with Crippen molar-refractivity contribution >= 4 is 10.0 Å². The first-order valence-electron chi connectivity index (χ1n) is 5.71. The molecular formula is C10H21NO4S. The van der Waals surface area contributed by atoms with E-state index in [1.807, 2.05) is 0 Å². The molecule has 1 N–H and O–H groups in total. The van der Waals surface area contributed by atoms with Crippen LogP contribution in [0.15, 0.2) is 0 Å². The lowest BCUT2D eigenvalue weighted by Gasteiger charge is -2.34. The van der Waals surface area contributed by atoms with E-state index in [-0.39, 0.29) is 25.0 Å². The van der Waals surface area contributed by atoms with Crippen LogP contribution in [0, 0.1) is 0 Å². The number of sulfonamides is 1. The third-order valence-electron chi connectivity index (χ3n) is 2.94. The molecule has 0 bridgehead atoms. The summed E-state index contributed by atoms with van der Waals surface area (Å²) >= 11 is 0. The van der Waals surface area contributed by atoms with Gasteiger partial charge in [-0.3, -0.25) is 0 Å². The van der Waals surface area contributed by atoms with Crippen LogP contribution in [0.4, 0.5) is 0 Å². The summed E-state index contributed by atoms with van der Waals surface area (Å²) in [5, 5.41) is 8.93. The van der Waals surface area contributed by atoms with Gasteiger partial charge in [-0.05, 0) is 19.3 Å². The minimum atomic E-state index is -3.22. The van der Waals surface area contributed by atoms with Crippen LogP contribution >= 0.6 is 0 Å². The monoisotopic (exact) mass is 251 g/mol. The summed E-state index contributed by atoms with van der Waals surface area (Å²) in [4.78, 5) is 0. The molecule has 1 aliphatic heterocycles. The van der Waals surface area contributed by atoms with Crippen molar-refractivity contribution in [3.63, 3.8) is 0 Å². The number of hydrogen-bond acceptors (Lipinski definition) is 4. The summed E-state index contributed by atoms with van der Waals surface area (Å²) in [6.45, 7) is 0.850. The fourth-order valence-corrected chi connectivity index (χ4v) is 3.77. The standard InChI is InChI=1S/C10H21NO4S/c1-15-8-9-16(13,14)11-6-3-2-4-10(11)5-7-12/h10,12H,2-9H2,1H3. The number of rotatable bonds is 6. The minimum absolute atomic E-state index is 0.0272. The Balaban J connectivity index is 2.66. The number of methoxy groups -OCH3 is 1. The normalized spacial score (nSPS) is 23.5. The van der Waals surface area contributed by atoms with E-state index < -0.39 is 10.0 Å². The second kappa shape index (κ2) is 6.54. The molecule has 0 radical (unpaired) electrons. The van der Waals surface area contributed by atoms with Crippen molar-refractivity contribution in [3.05, 3.63) is 0 Å². The quantitative estimate of drug-likeness (QED) is 0.732. The predicted octanol–water partition coefficient (Wildman–Crippen LogP) is 0.200. The molecule has 1 aliphatic rings. The van der Waals surface area contributed by atoms with Crippen molar-refractivity contribution in [1.29, 1.82) is 0 Å². The van der Waals surface area contributed by atoms with Gasteiger partial charge in [0.15, 0.2) is 0 Å². The summed E-state index contributed by atoms with van der Waals surface area (Å²) in [5.74, 6) is 0.0332. The van der Waals surface area contributed by atoms with Gasteiger partial charge < -0.3 is 9.84 Å². The number of nitrogens with zero attached hydrogens (tertiary/aromatic N) is 1. The van der Waals surface area contributed by atoms with Gasteiger partial charge in [0.05, 0.1) is 12.4 Å². The van der Waals surface area contributed by atoms with E-state index in [2.05, 4.69) is 0 Å². The highest BCUT2D eigenvalue weighted by Crippen LogP contribution is 2.22. The molecule has 0 aromatic carbocycles. The first-order valence-corrected chi connectivity index (χ1v) is 7.32. The fraction of sp³-hybridized carbons (Fsp3) is 1.00. The highest BCUT2D eigenvalue weighted by Gasteiger charge is 2.31. The molecule has 0 aromatic heterocycles. The van der Waals surface area contributed by atoms with Crippen LogP contribution in [-0.2, 0) is 14.8 Å². The molecule has 1 atom stereocenters. The third kappa shape index (κ3) is 3.69. The van der Waals surface area contributed by atoms with Crippen LogP contribution in [0.5, 0.6) is 0 Å². The molecule has 0 aromatic rings. The molecule has 0 amide bonds. The molecule has 1 unspecified atom stereocenters. The van der Waals surface area contributed by atoms with Gasteiger partial charge in [-0.1, -0.05) is 6.42 Å². The van der Waals surface area contributed by atoms with Crippen LogP contribution in [0.1, 0.15) is 25.7 Å². The Bertz CT molecular complexity index is 289. The molecule has 16 heavy (non-hydrogen) atoms. The van der Waals surface area contributed by atoms with Crippen LogP contribution in [0.25, 0.3) is 0 Å². The van der Waals surface area contributed by atoms with Gasteiger partial charge in [-0.2, -0.15) is 4.31 Å². The molecule has 0 saturated carbocycles. The second-order valence-corrected chi connectivity index (χ2v) is 6.12. The molecule has 1 heterocycles. The van der Waals surface area contributed by atoms with E-state index in [9.17, 15) is 8.42 Å². The first-order chi connectivity index (χ1) is 7.61. The zero-order valence-corrected chi connectivity index (χ0v) is 10.6. The van der Waals surface area contributed by atoms with Gasteiger partial charge in [0.25, 0.3) is 0 Å². The van der Waals surface area contributed by atoms with E-state index in [0.29, 0.717) is 13.0 Å². The van der Waals surface area contributed by atoms with Crippen LogP contribution in [-0.4, -0.2) is 56.5 Å². The first kappa shape index (κ1) is 13.9. The number of piperidine rings is 1. The summed E-state index contributed by atoms with van der Waals surface area (Å²) in [6, 6.07) is -0.0272. The summed E-state index contributed by atoms with van der Waals surface area (Å²) in [6.07, 6.45) is 3.34.